The van der Waals surface area contributed by atoms with Crippen molar-refractivity contribution in [1.82, 2.24) is 9.97 Å². The summed E-state index contributed by atoms with van der Waals surface area (Å²) in [5, 5.41) is 40.7. The van der Waals surface area contributed by atoms with Gasteiger partial charge in [0.05, 0.1) is 12.2 Å². The van der Waals surface area contributed by atoms with Crippen molar-refractivity contribution in [2.45, 2.75) is 76.5 Å². The van der Waals surface area contributed by atoms with Crippen molar-refractivity contribution >= 4 is 17.4 Å². The summed E-state index contributed by atoms with van der Waals surface area (Å²) in [6.07, 6.45) is 3.19. The second kappa shape index (κ2) is 14.3. The van der Waals surface area contributed by atoms with Gasteiger partial charge in [-0.15, -0.1) is 0 Å². The predicted molar refractivity (Wildman–Crippen MR) is 125 cm³/mol. The molecule has 0 spiro atoms. The summed E-state index contributed by atoms with van der Waals surface area (Å²) >= 11 is 6.25. The molecule has 6 atom stereocenters. The molecule has 0 aliphatic heterocycles. The lowest BCUT2D eigenvalue weighted by atomic mass is 10.1. The lowest BCUT2D eigenvalue weighted by Crippen LogP contribution is -2.24. The molecule has 190 valence electrons. The molecule has 1 aromatic rings. The number of rotatable bonds is 10. The lowest BCUT2D eigenvalue weighted by Gasteiger charge is -2.21. The molecule has 11 heteroatoms. The maximum atomic E-state index is 9.95. The van der Waals surface area contributed by atoms with Crippen molar-refractivity contribution < 1.29 is 29.9 Å². The fourth-order valence-electron chi connectivity index (χ4n) is 4.35. The number of nitrogens with one attached hydrogen (secondary N) is 1. The number of hydrogen-bond acceptors (Lipinski definition) is 10. The average molecular weight is 491 g/mol. The largest absolute Gasteiger partial charge is 0.396 e. The summed E-state index contributed by atoms with van der Waals surface area (Å²) in [4.78, 5) is 8.34. The van der Waals surface area contributed by atoms with Crippen LogP contribution >= 0.6 is 11.6 Å². The number of halogens is 1. The fourth-order valence-corrected chi connectivity index (χ4v) is 4.56. The molecule has 10 nitrogen and oxygen atoms in total. The van der Waals surface area contributed by atoms with Crippen molar-refractivity contribution in [3.05, 3.63) is 17.0 Å². The van der Waals surface area contributed by atoms with E-state index >= 15 is 0 Å². The summed E-state index contributed by atoms with van der Waals surface area (Å²) in [6, 6.07) is 0.122. The summed E-state index contributed by atoms with van der Waals surface area (Å²) in [6.45, 7) is 4.92. The monoisotopic (exact) mass is 490 g/mol. The molecule has 0 saturated heterocycles. The summed E-state index contributed by atoms with van der Waals surface area (Å²) in [5.41, 5.74) is 6.25. The molecule has 0 bridgehead atoms. The van der Waals surface area contributed by atoms with Gasteiger partial charge >= 0.3 is 0 Å². The molecule has 0 unspecified atom stereocenters. The summed E-state index contributed by atoms with van der Waals surface area (Å²) in [5.74, 6) is 0.540. The van der Waals surface area contributed by atoms with Gasteiger partial charge in [-0.05, 0) is 39.5 Å². The number of anilines is 1. The van der Waals surface area contributed by atoms with Gasteiger partial charge in [0.15, 0.2) is 6.29 Å². The van der Waals surface area contributed by atoms with E-state index in [9.17, 15) is 10.2 Å². The van der Waals surface area contributed by atoms with Crippen LogP contribution in [0.4, 0.5) is 5.82 Å². The quantitative estimate of drug-likeness (QED) is 0.203. The van der Waals surface area contributed by atoms with E-state index in [1.165, 1.54) is 6.33 Å². The van der Waals surface area contributed by atoms with Crippen molar-refractivity contribution in [3.8, 4) is 0 Å². The Labute approximate surface area is 200 Å². The van der Waals surface area contributed by atoms with Crippen LogP contribution in [0.3, 0.4) is 0 Å². The van der Waals surface area contributed by atoms with E-state index in [0.29, 0.717) is 49.9 Å². The van der Waals surface area contributed by atoms with E-state index in [1.54, 1.807) is 0 Å². The molecule has 2 aliphatic carbocycles. The van der Waals surface area contributed by atoms with Gasteiger partial charge in [-0.2, -0.15) is 0 Å². The number of hydrogen-bond donors (Lipinski definition) is 6. The molecule has 7 N–H and O–H groups in total. The number of ether oxygens (including phenoxy) is 2. The maximum absolute atomic E-state index is 9.95. The molecule has 2 fully saturated rings. The van der Waals surface area contributed by atoms with Crippen LogP contribution in [0.25, 0.3) is 0 Å². The highest BCUT2D eigenvalue weighted by molar-refractivity contribution is 6.30. The Morgan fingerprint density at radius 3 is 2.12 bits per heavy atom. The molecule has 2 saturated carbocycles. The van der Waals surface area contributed by atoms with Gasteiger partial charge < -0.3 is 41.0 Å². The van der Waals surface area contributed by atoms with Crippen LogP contribution in [-0.4, -0.2) is 87.4 Å². The van der Waals surface area contributed by atoms with Crippen molar-refractivity contribution in [3.63, 3.8) is 0 Å². The molecule has 33 heavy (non-hydrogen) atoms. The predicted octanol–water partition coefficient (Wildman–Crippen LogP) is 0.692. The molecular weight excluding hydrogens is 452 g/mol. The summed E-state index contributed by atoms with van der Waals surface area (Å²) < 4.78 is 11.2. The van der Waals surface area contributed by atoms with Crippen LogP contribution < -0.4 is 11.1 Å². The Bertz CT molecular complexity index is 697. The SMILES string of the molecule is CCOC(Cc1c(Cl)ncnc1N[C@@H]1C[C@H](CO)[C@@H](O)C1)OCC.N[C@@H]1C[C@H](CO)[C@@H](O)C1. The minimum absolute atomic E-state index is 0.0203. The second-order valence-corrected chi connectivity index (χ2v) is 8.96. The van der Waals surface area contributed by atoms with Gasteiger partial charge in [0.25, 0.3) is 0 Å². The topological polar surface area (TPSA) is 163 Å². The Kier molecular flexibility index (Phi) is 12.2. The van der Waals surface area contributed by atoms with Crippen LogP contribution in [0, 0.1) is 11.8 Å². The van der Waals surface area contributed by atoms with Crippen molar-refractivity contribution in [2.75, 3.05) is 31.7 Å². The normalized spacial score (nSPS) is 29.2. The summed E-state index contributed by atoms with van der Waals surface area (Å²) in [7, 11) is 0. The first-order valence-corrected chi connectivity index (χ1v) is 12.0. The van der Waals surface area contributed by atoms with Gasteiger partial charge in [0.2, 0.25) is 0 Å². The highest BCUT2D eigenvalue weighted by Crippen LogP contribution is 2.30. The van der Waals surface area contributed by atoms with Crippen molar-refractivity contribution in [2.24, 2.45) is 17.6 Å². The molecule has 3 rings (SSSR count). The van der Waals surface area contributed by atoms with E-state index in [0.717, 1.165) is 12.0 Å². The first-order chi connectivity index (χ1) is 15.8. The van der Waals surface area contributed by atoms with E-state index < -0.39 is 12.4 Å². The van der Waals surface area contributed by atoms with Crippen LogP contribution in [0.1, 0.15) is 45.1 Å². The van der Waals surface area contributed by atoms with Gasteiger partial charge in [-0.3, -0.25) is 0 Å². The molecule has 2 aliphatic rings. The van der Waals surface area contributed by atoms with E-state index in [-0.39, 0.29) is 43.2 Å². The van der Waals surface area contributed by atoms with Gasteiger partial charge in [0.1, 0.15) is 17.3 Å². The highest BCUT2D eigenvalue weighted by atomic mass is 35.5. The highest BCUT2D eigenvalue weighted by Gasteiger charge is 2.33. The Hall–Kier alpha value is -1.11. The van der Waals surface area contributed by atoms with Crippen LogP contribution in [0.2, 0.25) is 5.15 Å². The minimum Gasteiger partial charge on any atom is -0.396 e. The van der Waals surface area contributed by atoms with Gasteiger partial charge in [-0.25, -0.2) is 9.97 Å². The second-order valence-electron chi connectivity index (χ2n) is 8.60. The Balaban J connectivity index is 0.000000357. The van der Waals surface area contributed by atoms with Gasteiger partial charge in [-0.1, -0.05) is 11.6 Å². The molecule has 1 aromatic heterocycles. The van der Waals surface area contributed by atoms with E-state index in [1.807, 2.05) is 13.8 Å². The minimum atomic E-state index is -0.507. The maximum Gasteiger partial charge on any atom is 0.161 e. The number of nitrogens with two attached hydrogens (primary N) is 1. The van der Waals surface area contributed by atoms with Crippen LogP contribution in [-0.2, 0) is 15.9 Å². The number of aliphatic hydroxyl groups excluding tert-OH is 4. The molecule has 1 heterocycles. The molecule has 0 amide bonds. The fraction of sp³-hybridized carbons (Fsp3) is 0.818. The number of aromatic nitrogens is 2. The standard InChI is InChI=1S/C16H26ClN3O4.C6H13NO2/c1-3-23-14(24-4-2)7-12-15(17)18-9-19-16(12)20-11-5-10(8-21)13(22)6-11;7-5-1-4(3-8)6(9)2-5/h9-11,13-14,21-22H,3-8H2,1-2H3,(H,18,19,20);4-6,8-9H,1-3,7H2/t10-,11-,13+;4-,5-,6+/m11/s1. The zero-order valence-electron chi connectivity index (χ0n) is 19.4. The zero-order valence-corrected chi connectivity index (χ0v) is 20.2. The molecule has 0 aromatic carbocycles. The molecular formula is C22H39ClN4O6. The Morgan fingerprint density at radius 1 is 1.03 bits per heavy atom. The third-order valence-corrected chi connectivity index (χ3v) is 6.46. The third-order valence-electron chi connectivity index (χ3n) is 6.13. The number of aliphatic hydroxyl groups is 4. The van der Waals surface area contributed by atoms with E-state index in [2.05, 4.69) is 15.3 Å². The zero-order chi connectivity index (χ0) is 24.4. The first-order valence-electron chi connectivity index (χ1n) is 11.6. The third kappa shape index (κ3) is 8.56. The van der Waals surface area contributed by atoms with Gasteiger partial charge in [0, 0.05) is 62.3 Å². The number of nitrogens with zero attached hydrogens (tertiary/aromatic N) is 2. The average Bonchev–Trinajstić information content (AvgIpc) is 3.30. The van der Waals surface area contributed by atoms with Crippen LogP contribution in [0.15, 0.2) is 6.33 Å². The van der Waals surface area contributed by atoms with Crippen molar-refractivity contribution in [1.29, 1.82) is 0 Å². The lowest BCUT2D eigenvalue weighted by molar-refractivity contribution is -0.134. The van der Waals surface area contributed by atoms with E-state index in [4.69, 9.17) is 37.0 Å². The molecule has 0 radical (unpaired) electrons. The van der Waals surface area contributed by atoms with Crippen LogP contribution in [0.5, 0.6) is 0 Å². The smallest absolute Gasteiger partial charge is 0.161 e. The first kappa shape index (κ1) is 28.1. The Morgan fingerprint density at radius 2 is 1.64 bits per heavy atom.